The van der Waals surface area contributed by atoms with Gasteiger partial charge in [-0.15, -0.1) is 0 Å². The van der Waals surface area contributed by atoms with Gasteiger partial charge in [0.2, 0.25) is 15.9 Å². The summed E-state index contributed by atoms with van der Waals surface area (Å²) in [5, 5.41) is 3.05. The fraction of sp³-hybridized carbons (Fsp3) is 0.353. The molecule has 2 aromatic rings. The van der Waals surface area contributed by atoms with Gasteiger partial charge < -0.3 is 9.73 Å². The summed E-state index contributed by atoms with van der Waals surface area (Å²) >= 11 is 5.85. The number of sulfonamides is 1. The summed E-state index contributed by atoms with van der Waals surface area (Å²) in [5.41, 5.74) is 0. The molecule has 0 bridgehead atoms. The van der Waals surface area contributed by atoms with E-state index < -0.39 is 16.1 Å². The summed E-state index contributed by atoms with van der Waals surface area (Å²) < 4.78 is 32.7. The Hall–Kier alpha value is -1.83. The standard InChI is InChI=1S/C17H21ClN2O4S/c1-12(2)16(17(21)19-9-8-14-6-4-10-24-14)20-25(22,23)15-7-3-5-13(18)11-15/h3-7,10-12,16,20H,8-9H2,1-2H3,(H,19,21)/t16-/m0/s1. The van der Waals surface area contributed by atoms with Crippen LogP contribution in [0, 0.1) is 5.92 Å². The zero-order valence-electron chi connectivity index (χ0n) is 14.0. The van der Waals surface area contributed by atoms with E-state index in [0.29, 0.717) is 18.0 Å². The Bertz CT molecular complexity index is 804. The second kappa shape index (κ2) is 8.51. The highest BCUT2D eigenvalue weighted by atomic mass is 35.5. The predicted molar refractivity (Wildman–Crippen MR) is 95.8 cm³/mol. The predicted octanol–water partition coefficient (Wildman–Crippen LogP) is 2.59. The molecule has 0 aliphatic heterocycles. The first-order valence-corrected chi connectivity index (χ1v) is 9.73. The number of hydrogen-bond donors (Lipinski definition) is 2. The molecule has 0 saturated heterocycles. The van der Waals surface area contributed by atoms with E-state index in [1.165, 1.54) is 12.1 Å². The Morgan fingerprint density at radius 3 is 2.60 bits per heavy atom. The Morgan fingerprint density at radius 1 is 1.24 bits per heavy atom. The molecule has 0 spiro atoms. The van der Waals surface area contributed by atoms with Gasteiger partial charge in [-0.2, -0.15) is 4.72 Å². The average Bonchev–Trinajstić information content (AvgIpc) is 3.05. The minimum Gasteiger partial charge on any atom is -0.469 e. The molecule has 0 saturated carbocycles. The van der Waals surface area contributed by atoms with Crippen molar-refractivity contribution in [3.63, 3.8) is 0 Å². The van der Waals surface area contributed by atoms with Crippen LogP contribution >= 0.6 is 11.6 Å². The highest BCUT2D eigenvalue weighted by Gasteiger charge is 2.28. The molecular formula is C17H21ClN2O4S. The molecule has 6 nitrogen and oxygen atoms in total. The topological polar surface area (TPSA) is 88.4 Å². The highest BCUT2D eigenvalue weighted by molar-refractivity contribution is 7.89. The molecular weight excluding hydrogens is 364 g/mol. The Kier molecular flexibility index (Phi) is 6.64. The van der Waals surface area contributed by atoms with Crippen LogP contribution in [0.3, 0.4) is 0 Å². The maximum Gasteiger partial charge on any atom is 0.241 e. The zero-order valence-corrected chi connectivity index (χ0v) is 15.6. The third-order valence-corrected chi connectivity index (χ3v) is 5.26. The van der Waals surface area contributed by atoms with Crippen LogP contribution in [0.1, 0.15) is 19.6 Å². The Labute approximate surface area is 152 Å². The molecule has 1 heterocycles. The molecule has 1 amide bonds. The fourth-order valence-corrected chi connectivity index (χ4v) is 3.88. The van der Waals surface area contributed by atoms with Crippen molar-refractivity contribution in [1.29, 1.82) is 0 Å². The van der Waals surface area contributed by atoms with E-state index in [9.17, 15) is 13.2 Å². The molecule has 2 rings (SSSR count). The van der Waals surface area contributed by atoms with Crippen molar-refractivity contribution >= 4 is 27.5 Å². The van der Waals surface area contributed by atoms with Crippen LogP contribution in [-0.2, 0) is 21.2 Å². The summed E-state index contributed by atoms with van der Waals surface area (Å²) in [5.74, 6) is 0.144. The van der Waals surface area contributed by atoms with E-state index in [1.54, 1.807) is 38.3 Å². The monoisotopic (exact) mass is 384 g/mol. The normalized spacial score (nSPS) is 13.0. The van der Waals surface area contributed by atoms with Gasteiger partial charge >= 0.3 is 0 Å². The number of carbonyl (C=O) groups is 1. The van der Waals surface area contributed by atoms with E-state index in [1.807, 2.05) is 6.07 Å². The van der Waals surface area contributed by atoms with Gasteiger partial charge in [0.05, 0.1) is 11.2 Å². The van der Waals surface area contributed by atoms with Crippen molar-refractivity contribution in [2.45, 2.75) is 31.2 Å². The lowest BCUT2D eigenvalue weighted by Gasteiger charge is -2.21. The van der Waals surface area contributed by atoms with Crippen molar-refractivity contribution in [3.05, 3.63) is 53.4 Å². The number of rotatable bonds is 8. The van der Waals surface area contributed by atoms with Crippen molar-refractivity contribution in [2.75, 3.05) is 6.54 Å². The van der Waals surface area contributed by atoms with Crippen molar-refractivity contribution in [1.82, 2.24) is 10.0 Å². The molecule has 0 unspecified atom stereocenters. The molecule has 1 atom stereocenters. The maximum absolute atomic E-state index is 12.5. The van der Waals surface area contributed by atoms with Crippen molar-refractivity contribution in [3.8, 4) is 0 Å². The lowest BCUT2D eigenvalue weighted by Crippen LogP contribution is -2.49. The Morgan fingerprint density at radius 2 is 2.00 bits per heavy atom. The third kappa shape index (κ3) is 5.59. The minimum atomic E-state index is -3.85. The quantitative estimate of drug-likeness (QED) is 0.732. The number of halogens is 1. The lowest BCUT2D eigenvalue weighted by molar-refractivity contribution is -0.123. The largest absolute Gasteiger partial charge is 0.469 e. The number of carbonyl (C=O) groups excluding carboxylic acids is 1. The molecule has 25 heavy (non-hydrogen) atoms. The van der Waals surface area contributed by atoms with Gasteiger partial charge in [0, 0.05) is 18.0 Å². The van der Waals surface area contributed by atoms with Gasteiger partial charge in [-0.3, -0.25) is 4.79 Å². The SMILES string of the molecule is CC(C)[C@H](NS(=O)(=O)c1cccc(Cl)c1)C(=O)NCCc1ccco1. The van der Waals surface area contributed by atoms with Crippen LogP contribution in [-0.4, -0.2) is 26.9 Å². The maximum atomic E-state index is 12.5. The van der Waals surface area contributed by atoms with Crippen LogP contribution in [0.4, 0.5) is 0 Å². The average molecular weight is 385 g/mol. The van der Waals surface area contributed by atoms with Gasteiger partial charge in [0.25, 0.3) is 0 Å². The molecule has 0 fully saturated rings. The van der Waals surface area contributed by atoms with Gasteiger partial charge in [0.15, 0.2) is 0 Å². The minimum absolute atomic E-state index is 0.0223. The first-order chi connectivity index (χ1) is 11.8. The number of amides is 1. The van der Waals surface area contributed by atoms with Crippen LogP contribution in [0.15, 0.2) is 52.0 Å². The second-order valence-corrected chi connectivity index (χ2v) is 8.07. The smallest absolute Gasteiger partial charge is 0.241 e. The molecule has 0 radical (unpaired) electrons. The third-order valence-electron chi connectivity index (χ3n) is 3.59. The first-order valence-electron chi connectivity index (χ1n) is 7.87. The first kappa shape index (κ1) is 19.5. The van der Waals surface area contributed by atoms with Crippen LogP contribution in [0.5, 0.6) is 0 Å². The summed E-state index contributed by atoms with van der Waals surface area (Å²) in [7, 11) is -3.85. The van der Waals surface area contributed by atoms with Crippen LogP contribution in [0.25, 0.3) is 0 Å². The zero-order chi connectivity index (χ0) is 18.4. The number of furan rings is 1. The van der Waals surface area contributed by atoms with Gasteiger partial charge in [0.1, 0.15) is 11.8 Å². The summed E-state index contributed by atoms with van der Waals surface area (Å²) in [6, 6.07) is 8.60. The van der Waals surface area contributed by atoms with Crippen molar-refractivity contribution in [2.24, 2.45) is 5.92 Å². The van der Waals surface area contributed by atoms with Gasteiger partial charge in [-0.1, -0.05) is 31.5 Å². The molecule has 2 N–H and O–H groups in total. The highest BCUT2D eigenvalue weighted by Crippen LogP contribution is 2.16. The van der Waals surface area contributed by atoms with Crippen LogP contribution in [0.2, 0.25) is 5.02 Å². The van der Waals surface area contributed by atoms with E-state index in [2.05, 4.69) is 10.0 Å². The van der Waals surface area contributed by atoms with Gasteiger partial charge in [-0.25, -0.2) is 8.42 Å². The number of benzene rings is 1. The fourth-order valence-electron chi connectivity index (χ4n) is 2.24. The van der Waals surface area contributed by atoms with E-state index in [0.717, 1.165) is 5.76 Å². The van der Waals surface area contributed by atoms with Crippen molar-refractivity contribution < 1.29 is 17.6 Å². The molecule has 0 aliphatic carbocycles. The molecule has 1 aromatic heterocycles. The van der Waals surface area contributed by atoms with Crippen LogP contribution < -0.4 is 10.0 Å². The lowest BCUT2D eigenvalue weighted by atomic mass is 10.1. The summed E-state index contributed by atoms with van der Waals surface area (Å²) in [6.07, 6.45) is 2.10. The molecule has 8 heteroatoms. The second-order valence-electron chi connectivity index (χ2n) is 5.92. The van der Waals surface area contributed by atoms with E-state index in [4.69, 9.17) is 16.0 Å². The van der Waals surface area contributed by atoms with E-state index in [-0.39, 0.29) is 16.7 Å². The summed E-state index contributed by atoms with van der Waals surface area (Å²) in [4.78, 5) is 12.4. The molecule has 136 valence electrons. The number of nitrogens with one attached hydrogen (secondary N) is 2. The van der Waals surface area contributed by atoms with E-state index >= 15 is 0 Å². The van der Waals surface area contributed by atoms with Gasteiger partial charge in [-0.05, 0) is 36.2 Å². The summed E-state index contributed by atoms with van der Waals surface area (Å²) in [6.45, 7) is 3.91. The molecule has 0 aliphatic rings. The molecule has 1 aromatic carbocycles. The number of hydrogen-bond acceptors (Lipinski definition) is 4. The Balaban J connectivity index is 2.02.